The normalized spacial score (nSPS) is 10.3. The number of hydrogen-bond donors (Lipinski definition) is 2. The molecule has 0 saturated heterocycles. The number of aryl methyl sites for hydroxylation is 1. The SMILES string of the molecule is CCn1cc(Oc2cc(Cl)ccc2C(=N)N)cn1. The average Bonchev–Trinajstić information content (AvgIpc) is 2.76. The summed E-state index contributed by atoms with van der Waals surface area (Å²) in [4.78, 5) is 0. The maximum Gasteiger partial charge on any atom is 0.165 e. The molecule has 0 bridgehead atoms. The minimum Gasteiger partial charge on any atom is -0.453 e. The van der Waals surface area contributed by atoms with Crippen molar-refractivity contribution in [1.29, 1.82) is 5.41 Å². The Balaban J connectivity index is 2.32. The van der Waals surface area contributed by atoms with Crippen LogP contribution in [0.25, 0.3) is 0 Å². The summed E-state index contributed by atoms with van der Waals surface area (Å²) < 4.78 is 7.39. The van der Waals surface area contributed by atoms with Crippen molar-refractivity contribution in [2.24, 2.45) is 5.73 Å². The van der Waals surface area contributed by atoms with Crippen molar-refractivity contribution in [3.63, 3.8) is 0 Å². The van der Waals surface area contributed by atoms with Gasteiger partial charge >= 0.3 is 0 Å². The monoisotopic (exact) mass is 264 g/mol. The fraction of sp³-hybridized carbons (Fsp3) is 0.167. The molecule has 6 heteroatoms. The van der Waals surface area contributed by atoms with Gasteiger partial charge in [-0.1, -0.05) is 11.6 Å². The van der Waals surface area contributed by atoms with E-state index in [0.29, 0.717) is 22.1 Å². The summed E-state index contributed by atoms with van der Waals surface area (Å²) in [5, 5.41) is 12.1. The van der Waals surface area contributed by atoms with Gasteiger partial charge in [-0.2, -0.15) is 5.10 Å². The topological polar surface area (TPSA) is 76.9 Å². The van der Waals surface area contributed by atoms with Gasteiger partial charge in [0.25, 0.3) is 0 Å². The van der Waals surface area contributed by atoms with Crippen molar-refractivity contribution in [2.45, 2.75) is 13.5 Å². The molecule has 0 unspecified atom stereocenters. The lowest BCUT2D eigenvalue weighted by Gasteiger charge is -2.08. The lowest BCUT2D eigenvalue weighted by atomic mass is 10.2. The Morgan fingerprint density at radius 1 is 1.56 bits per heavy atom. The molecule has 0 aliphatic heterocycles. The third-order valence-electron chi connectivity index (χ3n) is 2.40. The van der Waals surface area contributed by atoms with Gasteiger partial charge in [-0.25, -0.2) is 0 Å². The Bertz CT molecular complexity index is 579. The van der Waals surface area contributed by atoms with E-state index in [1.54, 1.807) is 35.3 Å². The van der Waals surface area contributed by atoms with Crippen LogP contribution < -0.4 is 10.5 Å². The van der Waals surface area contributed by atoms with E-state index in [9.17, 15) is 0 Å². The Morgan fingerprint density at radius 2 is 2.33 bits per heavy atom. The van der Waals surface area contributed by atoms with Crippen molar-refractivity contribution in [3.05, 3.63) is 41.2 Å². The molecule has 0 atom stereocenters. The van der Waals surface area contributed by atoms with E-state index < -0.39 is 0 Å². The molecule has 0 amide bonds. The van der Waals surface area contributed by atoms with E-state index in [-0.39, 0.29) is 5.84 Å². The Hall–Kier alpha value is -2.01. The van der Waals surface area contributed by atoms with Crippen LogP contribution in [0.15, 0.2) is 30.6 Å². The molecule has 18 heavy (non-hydrogen) atoms. The molecule has 0 saturated carbocycles. The zero-order chi connectivity index (χ0) is 13.1. The number of nitrogens with two attached hydrogens (primary N) is 1. The first-order valence-electron chi connectivity index (χ1n) is 5.44. The molecule has 5 nitrogen and oxygen atoms in total. The molecule has 1 aromatic carbocycles. The van der Waals surface area contributed by atoms with Gasteiger partial charge in [-0.15, -0.1) is 0 Å². The molecule has 2 aromatic rings. The minimum atomic E-state index is -0.0652. The van der Waals surface area contributed by atoms with Gasteiger partial charge in [0.05, 0.1) is 18.0 Å². The molecule has 0 spiro atoms. The van der Waals surface area contributed by atoms with Crippen molar-refractivity contribution < 1.29 is 4.74 Å². The zero-order valence-corrected chi connectivity index (χ0v) is 10.6. The third kappa shape index (κ3) is 2.62. The first-order chi connectivity index (χ1) is 8.60. The maximum atomic E-state index is 7.49. The highest BCUT2D eigenvalue weighted by Crippen LogP contribution is 2.27. The van der Waals surface area contributed by atoms with E-state index in [1.807, 2.05) is 6.92 Å². The van der Waals surface area contributed by atoms with Crippen LogP contribution in [0.4, 0.5) is 0 Å². The first kappa shape index (κ1) is 12.4. The smallest absolute Gasteiger partial charge is 0.165 e. The Morgan fingerprint density at radius 3 is 2.94 bits per heavy atom. The van der Waals surface area contributed by atoms with E-state index >= 15 is 0 Å². The van der Waals surface area contributed by atoms with Gasteiger partial charge in [-0.3, -0.25) is 10.1 Å². The van der Waals surface area contributed by atoms with Gasteiger partial charge < -0.3 is 10.5 Å². The third-order valence-corrected chi connectivity index (χ3v) is 2.63. The number of nitrogen functional groups attached to an aromatic ring is 1. The highest BCUT2D eigenvalue weighted by Gasteiger charge is 2.09. The summed E-state index contributed by atoms with van der Waals surface area (Å²) in [6.07, 6.45) is 3.37. The molecular formula is C12H13ClN4O. The van der Waals surface area contributed by atoms with E-state index in [2.05, 4.69) is 5.10 Å². The first-order valence-corrected chi connectivity index (χ1v) is 5.82. The van der Waals surface area contributed by atoms with E-state index in [1.165, 1.54) is 0 Å². The van der Waals surface area contributed by atoms with Crippen LogP contribution in [0.2, 0.25) is 5.02 Å². The van der Waals surface area contributed by atoms with Gasteiger partial charge in [0, 0.05) is 17.6 Å². The van der Waals surface area contributed by atoms with Crippen LogP contribution in [0.3, 0.4) is 0 Å². The highest BCUT2D eigenvalue weighted by atomic mass is 35.5. The lowest BCUT2D eigenvalue weighted by molar-refractivity contribution is 0.480. The average molecular weight is 265 g/mol. The van der Waals surface area contributed by atoms with Gasteiger partial charge in [0.15, 0.2) is 5.75 Å². The second-order valence-electron chi connectivity index (χ2n) is 3.69. The number of amidine groups is 1. The van der Waals surface area contributed by atoms with Crippen LogP contribution >= 0.6 is 11.6 Å². The highest BCUT2D eigenvalue weighted by molar-refractivity contribution is 6.30. The van der Waals surface area contributed by atoms with E-state index in [0.717, 1.165) is 6.54 Å². The van der Waals surface area contributed by atoms with Gasteiger partial charge in [0.1, 0.15) is 11.6 Å². The van der Waals surface area contributed by atoms with E-state index in [4.69, 9.17) is 27.5 Å². The summed E-state index contributed by atoms with van der Waals surface area (Å²) in [6.45, 7) is 2.75. The van der Waals surface area contributed by atoms with Gasteiger partial charge in [0.2, 0.25) is 0 Å². The lowest BCUT2D eigenvalue weighted by Crippen LogP contribution is -2.12. The second kappa shape index (κ2) is 5.10. The maximum absolute atomic E-state index is 7.49. The Kier molecular flexibility index (Phi) is 3.53. The number of nitrogens with one attached hydrogen (secondary N) is 1. The van der Waals surface area contributed by atoms with Crippen molar-refractivity contribution in [3.8, 4) is 11.5 Å². The predicted octanol–water partition coefficient (Wildman–Crippen LogP) is 2.63. The number of rotatable bonds is 4. The van der Waals surface area contributed by atoms with Crippen LogP contribution in [-0.4, -0.2) is 15.6 Å². The summed E-state index contributed by atoms with van der Waals surface area (Å²) in [6, 6.07) is 4.95. The molecule has 94 valence electrons. The largest absolute Gasteiger partial charge is 0.453 e. The molecular weight excluding hydrogens is 252 g/mol. The molecule has 0 fully saturated rings. The molecule has 0 aliphatic carbocycles. The molecule has 1 aromatic heterocycles. The van der Waals surface area contributed by atoms with Crippen molar-refractivity contribution in [2.75, 3.05) is 0 Å². The summed E-state index contributed by atoms with van der Waals surface area (Å²) in [5.74, 6) is 0.969. The fourth-order valence-corrected chi connectivity index (χ4v) is 1.66. The molecule has 1 heterocycles. The Labute approximate surface area is 110 Å². The van der Waals surface area contributed by atoms with Crippen molar-refractivity contribution in [1.82, 2.24) is 9.78 Å². The van der Waals surface area contributed by atoms with Crippen molar-refractivity contribution >= 4 is 17.4 Å². The molecule has 0 radical (unpaired) electrons. The fourth-order valence-electron chi connectivity index (χ4n) is 1.50. The quantitative estimate of drug-likeness (QED) is 0.658. The number of benzene rings is 1. The second-order valence-corrected chi connectivity index (χ2v) is 4.12. The van der Waals surface area contributed by atoms with Gasteiger partial charge in [-0.05, 0) is 19.1 Å². The number of halogens is 1. The van der Waals surface area contributed by atoms with Crippen LogP contribution in [0.5, 0.6) is 11.5 Å². The molecule has 2 rings (SSSR count). The number of aromatic nitrogens is 2. The standard InChI is InChI=1S/C12H13ClN4O/c1-2-17-7-9(6-16-17)18-11-5-8(13)3-4-10(11)12(14)15/h3-7H,2H2,1H3,(H3,14,15). The minimum absolute atomic E-state index is 0.0652. The van der Waals surface area contributed by atoms with Crippen LogP contribution in [-0.2, 0) is 6.54 Å². The number of ether oxygens (including phenoxy) is 1. The van der Waals surface area contributed by atoms with Crippen LogP contribution in [0.1, 0.15) is 12.5 Å². The summed E-state index contributed by atoms with van der Waals surface area (Å²) >= 11 is 5.91. The number of nitrogens with zero attached hydrogens (tertiary/aromatic N) is 2. The molecule has 0 aliphatic rings. The number of hydrogen-bond acceptors (Lipinski definition) is 3. The summed E-state index contributed by atoms with van der Waals surface area (Å²) in [5.41, 5.74) is 5.99. The molecule has 3 N–H and O–H groups in total. The van der Waals surface area contributed by atoms with Crippen LogP contribution in [0, 0.1) is 5.41 Å². The summed E-state index contributed by atoms with van der Waals surface area (Å²) in [7, 11) is 0. The predicted molar refractivity (Wildman–Crippen MR) is 70.4 cm³/mol. The zero-order valence-electron chi connectivity index (χ0n) is 9.85.